The largest absolute Gasteiger partial charge is 0.481 e. The first kappa shape index (κ1) is 16.7. The standard InChI is InChI=1S/C15H20N2O4/c1-9(2)14(19)17(8-10(3)15(20)21)12-6-4-11(5-7-12)13(16)18/h4-7,9-10H,8H2,1-3H3,(H2,16,18)(H,20,21). The second kappa shape index (κ2) is 6.88. The molecule has 114 valence electrons. The predicted molar refractivity (Wildman–Crippen MR) is 79.0 cm³/mol. The number of nitrogens with zero attached hydrogens (tertiary/aromatic N) is 1. The van der Waals surface area contributed by atoms with E-state index in [0.717, 1.165) is 0 Å². The quantitative estimate of drug-likeness (QED) is 0.829. The Balaban J connectivity index is 3.08. The van der Waals surface area contributed by atoms with Gasteiger partial charge in [0.2, 0.25) is 11.8 Å². The van der Waals surface area contributed by atoms with Crippen molar-refractivity contribution >= 4 is 23.5 Å². The topological polar surface area (TPSA) is 101 Å². The highest BCUT2D eigenvalue weighted by molar-refractivity contribution is 5.97. The number of hydrogen-bond donors (Lipinski definition) is 2. The summed E-state index contributed by atoms with van der Waals surface area (Å²) in [4.78, 5) is 35.7. The van der Waals surface area contributed by atoms with Gasteiger partial charge in [-0.15, -0.1) is 0 Å². The molecule has 6 heteroatoms. The minimum absolute atomic E-state index is 0.0717. The fourth-order valence-corrected chi connectivity index (χ4v) is 1.79. The molecule has 0 aliphatic carbocycles. The van der Waals surface area contributed by atoms with E-state index in [1.165, 1.54) is 17.0 Å². The van der Waals surface area contributed by atoms with Crippen molar-refractivity contribution < 1.29 is 19.5 Å². The van der Waals surface area contributed by atoms with E-state index in [-0.39, 0.29) is 18.4 Å². The third kappa shape index (κ3) is 4.30. The smallest absolute Gasteiger partial charge is 0.308 e. The Kier molecular flexibility index (Phi) is 5.46. The van der Waals surface area contributed by atoms with Gasteiger partial charge in [-0.05, 0) is 24.3 Å². The number of primary amides is 1. The number of carboxylic acids is 1. The maximum atomic E-state index is 12.3. The fourth-order valence-electron chi connectivity index (χ4n) is 1.79. The highest BCUT2D eigenvalue weighted by Crippen LogP contribution is 2.19. The van der Waals surface area contributed by atoms with Crippen LogP contribution in [-0.2, 0) is 9.59 Å². The van der Waals surface area contributed by atoms with E-state index in [9.17, 15) is 14.4 Å². The van der Waals surface area contributed by atoms with Gasteiger partial charge in [0.05, 0.1) is 5.92 Å². The molecule has 21 heavy (non-hydrogen) atoms. The Bertz CT molecular complexity index is 537. The SMILES string of the molecule is CC(C)C(=O)N(CC(C)C(=O)O)c1ccc(C(N)=O)cc1. The molecule has 0 saturated heterocycles. The summed E-state index contributed by atoms with van der Waals surface area (Å²) in [6.45, 7) is 5.11. The molecule has 0 aromatic heterocycles. The molecule has 2 amide bonds. The molecule has 0 fully saturated rings. The van der Waals surface area contributed by atoms with Gasteiger partial charge in [0.1, 0.15) is 0 Å². The van der Waals surface area contributed by atoms with E-state index in [2.05, 4.69) is 0 Å². The molecule has 1 atom stereocenters. The molecule has 6 nitrogen and oxygen atoms in total. The van der Waals surface area contributed by atoms with Crippen molar-refractivity contribution in [3.05, 3.63) is 29.8 Å². The molecule has 3 N–H and O–H groups in total. The molecule has 1 unspecified atom stereocenters. The first-order valence-corrected chi connectivity index (χ1v) is 6.68. The summed E-state index contributed by atoms with van der Waals surface area (Å²) in [5.41, 5.74) is 6.05. The highest BCUT2D eigenvalue weighted by atomic mass is 16.4. The maximum absolute atomic E-state index is 12.3. The van der Waals surface area contributed by atoms with Crippen LogP contribution in [0.15, 0.2) is 24.3 Å². The van der Waals surface area contributed by atoms with E-state index in [4.69, 9.17) is 10.8 Å². The van der Waals surface area contributed by atoms with Gasteiger partial charge in [-0.1, -0.05) is 20.8 Å². The molecule has 0 aliphatic rings. The van der Waals surface area contributed by atoms with Gasteiger partial charge < -0.3 is 15.7 Å². The van der Waals surface area contributed by atoms with Gasteiger partial charge in [0.15, 0.2) is 0 Å². The summed E-state index contributed by atoms with van der Waals surface area (Å²) in [6.07, 6.45) is 0. The molecule has 1 aromatic carbocycles. The van der Waals surface area contributed by atoms with Crippen LogP contribution < -0.4 is 10.6 Å². The second-order valence-electron chi connectivity index (χ2n) is 5.25. The van der Waals surface area contributed by atoms with Gasteiger partial charge in [-0.2, -0.15) is 0 Å². The number of rotatable bonds is 6. The van der Waals surface area contributed by atoms with Crippen LogP contribution in [0.5, 0.6) is 0 Å². The lowest BCUT2D eigenvalue weighted by molar-refractivity contribution is -0.140. The Morgan fingerprint density at radius 3 is 2.05 bits per heavy atom. The van der Waals surface area contributed by atoms with Crippen molar-refractivity contribution in [1.82, 2.24) is 0 Å². The lowest BCUT2D eigenvalue weighted by Crippen LogP contribution is -2.39. The number of hydrogen-bond acceptors (Lipinski definition) is 3. The van der Waals surface area contributed by atoms with Crippen LogP contribution in [0.25, 0.3) is 0 Å². The van der Waals surface area contributed by atoms with Crippen molar-refractivity contribution in [3.8, 4) is 0 Å². The summed E-state index contributed by atoms with van der Waals surface area (Å²) >= 11 is 0. The zero-order valence-corrected chi connectivity index (χ0v) is 12.4. The van der Waals surface area contributed by atoms with Crippen LogP contribution >= 0.6 is 0 Å². The van der Waals surface area contributed by atoms with Crippen molar-refractivity contribution in [2.24, 2.45) is 17.6 Å². The third-order valence-corrected chi connectivity index (χ3v) is 3.10. The summed E-state index contributed by atoms with van der Waals surface area (Å²) in [5, 5.41) is 9.02. The van der Waals surface area contributed by atoms with E-state index >= 15 is 0 Å². The van der Waals surface area contributed by atoms with Gasteiger partial charge in [-0.25, -0.2) is 0 Å². The van der Waals surface area contributed by atoms with Crippen molar-refractivity contribution in [1.29, 1.82) is 0 Å². The van der Waals surface area contributed by atoms with Crippen molar-refractivity contribution in [2.75, 3.05) is 11.4 Å². The molecule has 0 spiro atoms. The van der Waals surface area contributed by atoms with Crippen LogP contribution in [0.4, 0.5) is 5.69 Å². The molecular formula is C15H20N2O4. The summed E-state index contributed by atoms with van der Waals surface area (Å²) in [6, 6.07) is 6.22. The summed E-state index contributed by atoms with van der Waals surface area (Å²) < 4.78 is 0. The highest BCUT2D eigenvalue weighted by Gasteiger charge is 2.24. The van der Waals surface area contributed by atoms with Crippen LogP contribution in [0.2, 0.25) is 0 Å². The molecule has 1 aromatic rings. The number of benzene rings is 1. The van der Waals surface area contributed by atoms with E-state index < -0.39 is 17.8 Å². The zero-order chi connectivity index (χ0) is 16.2. The maximum Gasteiger partial charge on any atom is 0.308 e. The Morgan fingerprint density at radius 2 is 1.67 bits per heavy atom. The lowest BCUT2D eigenvalue weighted by Gasteiger charge is -2.26. The minimum atomic E-state index is -0.967. The molecule has 0 bridgehead atoms. The first-order valence-electron chi connectivity index (χ1n) is 6.68. The van der Waals surface area contributed by atoms with Crippen LogP contribution in [-0.4, -0.2) is 29.4 Å². The number of anilines is 1. The molecule has 0 heterocycles. The number of carboxylic acid groups (broad SMARTS) is 1. The van der Waals surface area contributed by atoms with Gasteiger partial charge in [-0.3, -0.25) is 14.4 Å². The van der Waals surface area contributed by atoms with E-state index in [0.29, 0.717) is 11.3 Å². The van der Waals surface area contributed by atoms with Gasteiger partial charge in [0.25, 0.3) is 0 Å². The van der Waals surface area contributed by atoms with E-state index in [1.54, 1.807) is 32.9 Å². The normalized spacial score (nSPS) is 12.0. The number of amides is 2. The number of aliphatic carboxylic acids is 1. The Morgan fingerprint density at radius 1 is 1.14 bits per heavy atom. The van der Waals surface area contributed by atoms with Crippen LogP contribution in [0.1, 0.15) is 31.1 Å². The third-order valence-electron chi connectivity index (χ3n) is 3.10. The fraction of sp³-hybridized carbons (Fsp3) is 0.400. The molecule has 0 aliphatic heterocycles. The molecular weight excluding hydrogens is 272 g/mol. The first-order chi connectivity index (χ1) is 9.73. The Labute approximate surface area is 123 Å². The van der Waals surface area contributed by atoms with Crippen LogP contribution in [0, 0.1) is 11.8 Å². The number of carbonyl (C=O) groups is 3. The summed E-state index contributed by atoms with van der Waals surface area (Å²) in [5.74, 6) is -2.65. The predicted octanol–water partition coefficient (Wildman–Crippen LogP) is 1.50. The number of carbonyl (C=O) groups excluding carboxylic acids is 2. The minimum Gasteiger partial charge on any atom is -0.481 e. The average molecular weight is 292 g/mol. The van der Waals surface area contributed by atoms with Crippen LogP contribution in [0.3, 0.4) is 0 Å². The molecule has 0 radical (unpaired) electrons. The number of nitrogens with two attached hydrogens (primary N) is 1. The lowest BCUT2D eigenvalue weighted by atomic mass is 10.1. The monoisotopic (exact) mass is 292 g/mol. The van der Waals surface area contributed by atoms with Gasteiger partial charge >= 0.3 is 5.97 Å². The van der Waals surface area contributed by atoms with E-state index in [1.807, 2.05) is 0 Å². The van der Waals surface area contributed by atoms with Crippen molar-refractivity contribution in [3.63, 3.8) is 0 Å². The zero-order valence-electron chi connectivity index (χ0n) is 12.4. The second-order valence-corrected chi connectivity index (χ2v) is 5.25. The summed E-state index contributed by atoms with van der Waals surface area (Å²) in [7, 11) is 0. The van der Waals surface area contributed by atoms with Crippen molar-refractivity contribution in [2.45, 2.75) is 20.8 Å². The van der Waals surface area contributed by atoms with Gasteiger partial charge in [0, 0.05) is 23.7 Å². The Hall–Kier alpha value is -2.37. The average Bonchev–Trinajstić information content (AvgIpc) is 2.43. The molecule has 1 rings (SSSR count). The molecule has 0 saturated carbocycles.